The molecule has 2 bridgehead atoms. The fraction of sp³-hybridized carbons (Fsp3) is 0.533. The quantitative estimate of drug-likeness (QED) is 0.876. The van der Waals surface area contributed by atoms with Gasteiger partial charge in [0, 0.05) is 18.1 Å². The maximum Gasteiger partial charge on any atom is 0.407 e. The summed E-state index contributed by atoms with van der Waals surface area (Å²) in [6, 6.07) is 11.2. The van der Waals surface area contributed by atoms with Crippen LogP contribution in [0.2, 0.25) is 0 Å². The van der Waals surface area contributed by atoms with Crippen molar-refractivity contribution in [2.75, 3.05) is 0 Å². The summed E-state index contributed by atoms with van der Waals surface area (Å²) in [6.45, 7) is 0.338. The van der Waals surface area contributed by atoms with Gasteiger partial charge in [-0.25, -0.2) is 4.79 Å². The van der Waals surface area contributed by atoms with Crippen molar-refractivity contribution in [1.29, 1.82) is 0 Å². The van der Waals surface area contributed by atoms with Gasteiger partial charge in [0.2, 0.25) is 0 Å². The molecule has 0 radical (unpaired) electrons. The van der Waals surface area contributed by atoms with Crippen molar-refractivity contribution in [2.24, 2.45) is 0 Å². The summed E-state index contributed by atoms with van der Waals surface area (Å²) in [6.07, 6.45) is 4.23. The van der Waals surface area contributed by atoms with Crippen molar-refractivity contribution in [3.05, 3.63) is 35.9 Å². The topological polar surface area (TPSA) is 50.4 Å². The fourth-order valence-corrected chi connectivity index (χ4v) is 3.11. The monoisotopic (exact) mass is 260 g/mol. The van der Waals surface area contributed by atoms with Crippen molar-refractivity contribution in [3.8, 4) is 0 Å². The van der Waals surface area contributed by atoms with E-state index in [1.54, 1.807) is 0 Å². The average Bonchev–Trinajstić information content (AvgIpc) is 2.77. The molecule has 2 aliphatic heterocycles. The highest BCUT2D eigenvalue weighted by Crippen LogP contribution is 2.26. The van der Waals surface area contributed by atoms with Crippen molar-refractivity contribution in [2.45, 2.75) is 50.4 Å². The number of fused-ring (bicyclic) bond motifs is 2. The Morgan fingerprint density at radius 3 is 2.58 bits per heavy atom. The molecule has 0 spiro atoms. The van der Waals surface area contributed by atoms with E-state index in [0.717, 1.165) is 18.4 Å². The van der Waals surface area contributed by atoms with Crippen LogP contribution in [0.15, 0.2) is 30.3 Å². The molecule has 2 saturated heterocycles. The van der Waals surface area contributed by atoms with Crippen molar-refractivity contribution >= 4 is 6.09 Å². The number of ether oxygens (including phenoxy) is 1. The van der Waals surface area contributed by atoms with Gasteiger partial charge in [-0.05, 0) is 31.2 Å². The van der Waals surface area contributed by atoms with Gasteiger partial charge in [-0.2, -0.15) is 0 Å². The predicted octanol–water partition coefficient (Wildman–Crippen LogP) is 2.20. The summed E-state index contributed by atoms with van der Waals surface area (Å²) in [5, 5.41) is 6.55. The molecule has 1 aromatic carbocycles. The Hall–Kier alpha value is -1.55. The Labute approximate surface area is 113 Å². The molecule has 2 aliphatic rings. The molecule has 1 aromatic rings. The second-order valence-corrected chi connectivity index (χ2v) is 5.51. The van der Waals surface area contributed by atoms with E-state index < -0.39 is 0 Å². The normalized spacial score (nSPS) is 28.9. The molecular formula is C15H20N2O2. The molecule has 4 heteroatoms. The summed E-state index contributed by atoms with van der Waals surface area (Å²) in [5.74, 6) is 0. The molecule has 2 N–H and O–H groups in total. The molecule has 0 aromatic heterocycles. The first-order chi connectivity index (χ1) is 9.29. The highest BCUT2D eigenvalue weighted by Gasteiger charge is 2.34. The third-order valence-corrected chi connectivity index (χ3v) is 4.01. The Bertz CT molecular complexity index is 423. The summed E-state index contributed by atoms with van der Waals surface area (Å²) >= 11 is 0. The van der Waals surface area contributed by atoms with E-state index in [2.05, 4.69) is 10.6 Å². The Morgan fingerprint density at radius 1 is 1.21 bits per heavy atom. The lowest BCUT2D eigenvalue weighted by molar-refractivity contribution is 0.131. The zero-order valence-corrected chi connectivity index (χ0v) is 11.0. The molecule has 0 aliphatic carbocycles. The van der Waals surface area contributed by atoms with Crippen molar-refractivity contribution < 1.29 is 9.53 Å². The molecule has 1 amide bonds. The maximum atomic E-state index is 11.8. The SMILES string of the molecule is O=C(NC1CC2CCC(C1)N2)OCc1ccccc1. The number of nitrogens with one attached hydrogen (secondary N) is 2. The number of hydrogen-bond acceptors (Lipinski definition) is 3. The lowest BCUT2D eigenvalue weighted by Gasteiger charge is -2.29. The average molecular weight is 260 g/mol. The van der Waals surface area contributed by atoms with Gasteiger partial charge in [0.25, 0.3) is 0 Å². The minimum atomic E-state index is -0.296. The van der Waals surface area contributed by atoms with Crippen LogP contribution in [-0.4, -0.2) is 24.2 Å². The molecule has 2 fully saturated rings. The second kappa shape index (κ2) is 5.61. The van der Waals surface area contributed by atoms with E-state index >= 15 is 0 Å². The zero-order chi connectivity index (χ0) is 13.1. The third kappa shape index (κ3) is 3.26. The van der Waals surface area contributed by atoms with Crippen LogP contribution in [0.3, 0.4) is 0 Å². The van der Waals surface area contributed by atoms with Gasteiger partial charge in [0.1, 0.15) is 6.61 Å². The van der Waals surface area contributed by atoms with Crippen LogP contribution in [0, 0.1) is 0 Å². The van der Waals surface area contributed by atoms with E-state index in [-0.39, 0.29) is 12.1 Å². The van der Waals surface area contributed by atoms with Crippen LogP contribution in [0.1, 0.15) is 31.2 Å². The van der Waals surface area contributed by atoms with Gasteiger partial charge in [-0.1, -0.05) is 30.3 Å². The van der Waals surface area contributed by atoms with E-state index in [9.17, 15) is 4.79 Å². The molecule has 2 unspecified atom stereocenters. The summed E-state index contributed by atoms with van der Waals surface area (Å²) in [4.78, 5) is 11.8. The molecule has 0 saturated carbocycles. The van der Waals surface area contributed by atoms with Crippen molar-refractivity contribution in [1.82, 2.24) is 10.6 Å². The number of rotatable bonds is 3. The second-order valence-electron chi connectivity index (χ2n) is 5.51. The molecule has 102 valence electrons. The third-order valence-electron chi connectivity index (χ3n) is 4.01. The Kier molecular flexibility index (Phi) is 3.69. The molecule has 4 nitrogen and oxygen atoms in total. The first kappa shape index (κ1) is 12.5. The number of piperidine rings is 1. The van der Waals surface area contributed by atoms with Crippen LogP contribution in [0.4, 0.5) is 4.79 Å². The molecule has 3 rings (SSSR count). The van der Waals surface area contributed by atoms with Crippen LogP contribution in [0.25, 0.3) is 0 Å². The summed E-state index contributed by atoms with van der Waals surface area (Å²) in [5.41, 5.74) is 1.02. The molecule has 2 atom stereocenters. The van der Waals surface area contributed by atoms with Crippen molar-refractivity contribution in [3.63, 3.8) is 0 Å². The summed E-state index contributed by atoms with van der Waals surface area (Å²) < 4.78 is 5.25. The number of carbonyl (C=O) groups is 1. The van der Waals surface area contributed by atoms with E-state index in [1.807, 2.05) is 30.3 Å². The van der Waals surface area contributed by atoms with Gasteiger partial charge in [0.05, 0.1) is 0 Å². The highest BCUT2D eigenvalue weighted by molar-refractivity contribution is 5.67. The van der Waals surface area contributed by atoms with Gasteiger partial charge in [0.15, 0.2) is 0 Å². The van der Waals surface area contributed by atoms with Crippen LogP contribution in [-0.2, 0) is 11.3 Å². The summed E-state index contributed by atoms with van der Waals surface area (Å²) in [7, 11) is 0. The first-order valence-electron chi connectivity index (χ1n) is 7.03. The minimum absolute atomic E-state index is 0.266. The van der Waals surface area contributed by atoms with E-state index in [1.165, 1.54) is 12.8 Å². The minimum Gasteiger partial charge on any atom is -0.445 e. The lowest BCUT2D eigenvalue weighted by Crippen LogP contribution is -2.48. The van der Waals surface area contributed by atoms with E-state index in [0.29, 0.717) is 18.7 Å². The van der Waals surface area contributed by atoms with Crippen LogP contribution >= 0.6 is 0 Å². The standard InChI is InChI=1S/C15H20N2O2/c18-15(19-10-11-4-2-1-3-5-11)17-14-8-12-6-7-13(9-14)16-12/h1-5,12-14,16H,6-10H2,(H,17,18). The van der Waals surface area contributed by atoms with E-state index in [4.69, 9.17) is 4.74 Å². The van der Waals surface area contributed by atoms with Gasteiger partial charge in [-0.15, -0.1) is 0 Å². The maximum absolute atomic E-state index is 11.8. The number of carbonyl (C=O) groups excluding carboxylic acids is 1. The highest BCUT2D eigenvalue weighted by atomic mass is 16.5. The largest absolute Gasteiger partial charge is 0.445 e. The zero-order valence-electron chi connectivity index (χ0n) is 11.0. The molecule has 2 heterocycles. The van der Waals surface area contributed by atoms with Gasteiger partial charge < -0.3 is 15.4 Å². The fourth-order valence-electron chi connectivity index (χ4n) is 3.11. The number of amides is 1. The number of benzene rings is 1. The number of alkyl carbamates (subject to hydrolysis) is 1. The van der Waals surface area contributed by atoms with Gasteiger partial charge in [-0.3, -0.25) is 0 Å². The van der Waals surface area contributed by atoms with Gasteiger partial charge >= 0.3 is 6.09 Å². The first-order valence-corrected chi connectivity index (χ1v) is 7.03. The van der Waals surface area contributed by atoms with Crippen LogP contribution in [0.5, 0.6) is 0 Å². The smallest absolute Gasteiger partial charge is 0.407 e. The molecular weight excluding hydrogens is 240 g/mol. The molecule has 19 heavy (non-hydrogen) atoms. The Balaban J connectivity index is 1.44. The lowest BCUT2D eigenvalue weighted by atomic mass is 10.0. The number of hydrogen-bond donors (Lipinski definition) is 2. The van der Waals surface area contributed by atoms with Crippen LogP contribution < -0.4 is 10.6 Å². The predicted molar refractivity (Wildman–Crippen MR) is 72.7 cm³/mol. The Morgan fingerprint density at radius 2 is 1.89 bits per heavy atom.